The van der Waals surface area contributed by atoms with E-state index in [-0.39, 0.29) is 5.91 Å². The molecule has 7 rings (SSSR count). The summed E-state index contributed by atoms with van der Waals surface area (Å²) in [6.07, 6.45) is 4.05. The van der Waals surface area contributed by atoms with Crippen LogP contribution in [0.1, 0.15) is 46.1 Å². The first-order valence-corrected chi connectivity index (χ1v) is 13.8. The smallest absolute Gasteiger partial charge is 0.258 e. The lowest BCUT2D eigenvalue weighted by atomic mass is 10.1. The summed E-state index contributed by atoms with van der Waals surface area (Å²) in [6, 6.07) is 17.9. The summed E-state index contributed by atoms with van der Waals surface area (Å²) in [5.41, 5.74) is 6.59. The monoisotopic (exact) mass is 533 g/mol. The third kappa shape index (κ3) is 5.13. The minimum absolute atomic E-state index is 0.207. The zero-order valence-corrected chi connectivity index (χ0v) is 22.4. The van der Waals surface area contributed by atoms with Gasteiger partial charge in [-0.2, -0.15) is 0 Å². The predicted octanol–water partition coefficient (Wildman–Crippen LogP) is 5.52. The highest BCUT2D eigenvalue weighted by Gasteiger charge is 2.28. The van der Waals surface area contributed by atoms with Gasteiger partial charge < -0.3 is 20.4 Å². The van der Waals surface area contributed by atoms with Crippen molar-refractivity contribution in [1.82, 2.24) is 24.8 Å². The largest absolute Gasteiger partial charge is 0.379 e. The molecule has 202 valence electrons. The fourth-order valence-electron chi connectivity index (χ4n) is 5.29. The Balaban J connectivity index is 1.19. The van der Waals surface area contributed by atoms with Crippen LogP contribution in [0.5, 0.6) is 0 Å². The number of anilines is 3. The number of carbonyl (C=O) groups excluding carboxylic acids is 1. The molecule has 0 bridgehead atoms. The Morgan fingerprint density at radius 2 is 1.88 bits per heavy atom. The van der Waals surface area contributed by atoms with Crippen molar-refractivity contribution in [1.29, 1.82) is 0 Å². The van der Waals surface area contributed by atoms with Crippen LogP contribution in [-0.2, 0) is 11.3 Å². The van der Waals surface area contributed by atoms with Crippen LogP contribution in [0.25, 0.3) is 21.9 Å². The maximum absolute atomic E-state index is 13.7. The van der Waals surface area contributed by atoms with Gasteiger partial charge in [-0.25, -0.2) is 15.0 Å². The lowest BCUT2D eigenvalue weighted by Crippen LogP contribution is -2.35. The van der Waals surface area contributed by atoms with Crippen molar-refractivity contribution in [2.75, 3.05) is 36.9 Å². The maximum atomic E-state index is 13.7. The molecule has 1 saturated carbocycles. The topological polar surface area (TPSA) is 108 Å². The third-order valence-electron chi connectivity index (χ3n) is 7.58. The average molecular weight is 534 g/mol. The van der Waals surface area contributed by atoms with Crippen molar-refractivity contribution in [3.63, 3.8) is 0 Å². The summed E-state index contributed by atoms with van der Waals surface area (Å²) in [5, 5.41) is 7.41. The molecule has 40 heavy (non-hydrogen) atoms. The number of imidazole rings is 1. The van der Waals surface area contributed by atoms with Crippen molar-refractivity contribution in [3.8, 4) is 0 Å². The SMILES string of the molecule is Cc1cccc2cnc(Nc3cc(C(=O)Nc4cccc(CN5CCOCC5)c4)c4nc(C5CC5)[nH]c4c3)nc12. The van der Waals surface area contributed by atoms with E-state index in [0.717, 1.165) is 90.4 Å². The first-order valence-electron chi connectivity index (χ1n) is 13.8. The van der Waals surface area contributed by atoms with Crippen LogP contribution < -0.4 is 10.6 Å². The molecule has 0 unspecified atom stereocenters. The van der Waals surface area contributed by atoms with E-state index in [1.807, 2.05) is 61.7 Å². The van der Waals surface area contributed by atoms with Crippen LogP contribution in [0.15, 0.2) is 60.8 Å². The Labute approximate surface area is 232 Å². The van der Waals surface area contributed by atoms with Gasteiger partial charge >= 0.3 is 0 Å². The minimum Gasteiger partial charge on any atom is -0.379 e. The number of hydrogen-bond donors (Lipinski definition) is 3. The Morgan fingerprint density at radius 3 is 2.73 bits per heavy atom. The van der Waals surface area contributed by atoms with Gasteiger partial charge in [-0.3, -0.25) is 9.69 Å². The highest BCUT2D eigenvalue weighted by atomic mass is 16.5. The number of para-hydroxylation sites is 1. The van der Waals surface area contributed by atoms with Crippen molar-refractivity contribution < 1.29 is 9.53 Å². The van der Waals surface area contributed by atoms with E-state index >= 15 is 0 Å². The summed E-state index contributed by atoms with van der Waals surface area (Å²) in [5.74, 6) is 1.64. The standard InChI is InChI=1S/C31H31N7O2/c1-19-4-2-6-22-17-32-31(37-27(19)22)34-24-15-25(28-26(16-24)35-29(36-28)21-8-9-21)30(39)33-23-7-3-5-20(14-23)18-38-10-12-40-13-11-38/h2-7,14-17,21H,8-13,18H2,1H3,(H,33,39)(H,35,36)(H,32,34,37). The fraction of sp³-hybridized carbons (Fsp3) is 0.290. The number of H-pyrrole nitrogens is 1. The molecule has 2 aliphatic rings. The zero-order chi connectivity index (χ0) is 27.1. The van der Waals surface area contributed by atoms with Gasteiger partial charge in [0.1, 0.15) is 11.3 Å². The molecule has 9 nitrogen and oxygen atoms in total. The molecule has 2 fully saturated rings. The zero-order valence-electron chi connectivity index (χ0n) is 22.4. The number of aromatic nitrogens is 4. The molecule has 2 aromatic heterocycles. The highest BCUT2D eigenvalue weighted by Crippen LogP contribution is 2.40. The van der Waals surface area contributed by atoms with Crippen molar-refractivity contribution in [2.45, 2.75) is 32.2 Å². The molecule has 5 aromatic rings. The van der Waals surface area contributed by atoms with Crippen LogP contribution in [-0.4, -0.2) is 57.0 Å². The van der Waals surface area contributed by atoms with Gasteiger partial charge in [0.05, 0.1) is 29.8 Å². The lowest BCUT2D eigenvalue weighted by molar-refractivity contribution is 0.0342. The van der Waals surface area contributed by atoms with Crippen LogP contribution in [0.4, 0.5) is 17.3 Å². The van der Waals surface area contributed by atoms with E-state index < -0.39 is 0 Å². The summed E-state index contributed by atoms with van der Waals surface area (Å²) >= 11 is 0. The molecular weight excluding hydrogens is 502 g/mol. The van der Waals surface area contributed by atoms with Gasteiger partial charge in [-0.15, -0.1) is 0 Å². The van der Waals surface area contributed by atoms with Crippen LogP contribution in [0.2, 0.25) is 0 Å². The van der Waals surface area contributed by atoms with Gasteiger partial charge in [0.2, 0.25) is 5.95 Å². The Hall–Kier alpha value is -4.34. The van der Waals surface area contributed by atoms with Crippen LogP contribution in [0, 0.1) is 6.92 Å². The molecule has 1 aliphatic heterocycles. The summed E-state index contributed by atoms with van der Waals surface area (Å²) in [4.78, 5) is 33.6. The molecule has 1 amide bonds. The fourth-order valence-corrected chi connectivity index (χ4v) is 5.29. The molecule has 3 heterocycles. The van der Waals surface area contributed by atoms with Crippen molar-refractivity contribution in [2.24, 2.45) is 0 Å². The van der Waals surface area contributed by atoms with E-state index in [1.165, 1.54) is 0 Å². The minimum atomic E-state index is -0.207. The van der Waals surface area contributed by atoms with Crippen molar-refractivity contribution in [3.05, 3.63) is 83.3 Å². The highest BCUT2D eigenvalue weighted by molar-refractivity contribution is 6.12. The number of ether oxygens (including phenoxy) is 1. The van der Waals surface area contributed by atoms with Gasteiger partial charge in [0, 0.05) is 48.5 Å². The molecule has 0 radical (unpaired) electrons. The van der Waals surface area contributed by atoms with Crippen LogP contribution >= 0.6 is 0 Å². The molecule has 9 heteroatoms. The number of morpholine rings is 1. The second-order valence-corrected chi connectivity index (χ2v) is 10.7. The van der Waals surface area contributed by atoms with E-state index in [9.17, 15) is 4.79 Å². The number of nitrogens with zero attached hydrogens (tertiary/aromatic N) is 4. The first kappa shape index (κ1) is 24.7. The first-order chi connectivity index (χ1) is 19.6. The molecule has 3 N–H and O–H groups in total. The number of fused-ring (bicyclic) bond motifs is 2. The summed E-state index contributed by atoms with van der Waals surface area (Å²) in [6.45, 7) is 6.20. The van der Waals surface area contributed by atoms with Gasteiger partial charge in [-0.05, 0) is 55.2 Å². The number of hydrogen-bond acceptors (Lipinski definition) is 7. The van der Waals surface area contributed by atoms with Crippen LogP contribution in [0.3, 0.4) is 0 Å². The Bertz CT molecular complexity index is 1720. The maximum Gasteiger partial charge on any atom is 0.258 e. The Kier molecular flexibility index (Phi) is 6.37. The lowest BCUT2D eigenvalue weighted by Gasteiger charge is -2.26. The molecular formula is C31H31N7O2. The van der Waals surface area contributed by atoms with E-state index in [0.29, 0.717) is 22.9 Å². The number of aryl methyl sites for hydroxylation is 1. The summed E-state index contributed by atoms with van der Waals surface area (Å²) in [7, 11) is 0. The molecule has 0 spiro atoms. The van der Waals surface area contributed by atoms with Crippen molar-refractivity contribution >= 4 is 45.2 Å². The molecule has 1 aliphatic carbocycles. The Morgan fingerprint density at radius 1 is 1.02 bits per heavy atom. The second kappa shape index (κ2) is 10.3. The number of carbonyl (C=O) groups is 1. The third-order valence-corrected chi connectivity index (χ3v) is 7.58. The van der Waals surface area contributed by atoms with E-state index in [2.05, 4.69) is 31.6 Å². The molecule has 0 atom stereocenters. The van der Waals surface area contributed by atoms with Gasteiger partial charge in [0.25, 0.3) is 5.91 Å². The number of rotatable bonds is 7. The number of amides is 1. The molecule has 3 aromatic carbocycles. The van der Waals surface area contributed by atoms with Gasteiger partial charge in [-0.1, -0.05) is 30.3 Å². The quantitative estimate of drug-likeness (QED) is 0.253. The van der Waals surface area contributed by atoms with E-state index in [1.54, 1.807) is 0 Å². The number of nitrogens with one attached hydrogen (secondary N) is 3. The normalized spacial score (nSPS) is 15.9. The average Bonchev–Trinajstić information content (AvgIpc) is 3.73. The summed E-state index contributed by atoms with van der Waals surface area (Å²) < 4.78 is 5.47. The number of benzene rings is 3. The number of aromatic amines is 1. The van der Waals surface area contributed by atoms with Gasteiger partial charge in [0.15, 0.2) is 0 Å². The molecule has 1 saturated heterocycles. The van der Waals surface area contributed by atoms with E-state index in [4.69, 9.17) is 14.7 Å². The second-order valence-electron chi connectivity index (χ2n) is 10.7. The predicted molar refractivity (Wildman–Crippen MR) is 156 cm³/mol.